The van der Waals surface area contributed by atoms with Crippen LogP contribution < -0.4 is 10.1 Å². The van der Waals surface area contributed by atoms with Gasteiger partial charge >= 0.3 is 0 Å². The van der Waals surface area contributed by atoms with Crippen LogP contribution in [0.5, 0.6) is 5.75 Å². The third-order valence-electron chi connectivity index (χ3n) is 5.34. The van der Waals surface area contributed by atoms with E-state index < -0.39 is 0 Å². The Hall–Kier alpha value is -2.01. The molecule has 0 saturated carbocycles. The summed E-state index contributed by atoms with van der Waals surface area (Å²) in [4.78, 5) is 7.00. The van der Waals surface area contributed by atoms with E-state index in [1.807, 2.05) is 31.2 Å². The van der Waals surface area contributed by atoms with Gasteiger partial charge in [0.2, 0.25) is 0 Å². The van der Waals surface area contributed by atoms with Gasteiger partial charge in [0.1, 0.15) is 16.7 Å². The Labute approximate surface area is 181 Å². The number of nitrogens with zero attached hydrogens (tertiary/aromatic N) is 2. The van der Waals surface area contributed by atoms with Gasteiger partial charge in [-0.2, -0.15) is 0 Å². The number of likely N-dealkylation sites (tertiary alicyclic amines) is 1. The molecule has 0 amide bonds. The van der Waals surface area contributed by atoms with Gasteiger partial charge in [0.15, 0.2) is 0 Å². The van der Waals surface area contributed by atoms with Gasteiger partial charge in [-0.3, -0.25) is 4.90 Å². The van der Waals surface area contributed by atoms with Crippen LogP contribution in [-0.4, -0.2) is 35.6 Å². The maximum Gasteiger partial charge on any atom is 0.138 e. The topological polar surface area (TPSA) is 37.4 Å². The summed E-state index contributed by atoms with van der Waals surface area (Å²) in [5, 5.41) is 7.04. The number of hydrogen-bond acceptors (Lipinski definition) is 4. The van der Waals surface area contributed by atoms with Crippen LogP contribution >= 0.6 is 23.2 Å². The Morgan fingerprint density at radius 2 is 1.90 bits per heavy atom. The molecular formula is C23H25Cl2N3O. The van der Waals surface area contributed by atoms with E-state index in [1.54, 1.807) is 0 Å². The first kappa shape index (κ1) is 20.3. The highest BCUT2D eigenvalue weighted by Gasteiger charge is 2.20. The fraction of sp³-hybridized carbons (Fsp3) is 0.348. The first-order chi connectivity index (χ1) is 14.1. The molecule has 152 valence electrons. The number of pyridine rings is 1. The molecule has 2 heterocycles. The predicted molar refractivity (Wildman–Crippen MR) is 121 cm³/mol. The van der Waals surface area contributed by atoms with Gasteiger partial charge in [-0.05, 0) is 48.9 Å². The molecule has 0 bridgehead atoms. The molecule has 0 unspecified atom stereocenters. The Balaban J connectivity index is 1.37. The molecule has 0 atom stereocenters. The summed E-state index contributed by atoms with van der Waals surface area (Å²) in [6.45, 7) is 5.55. The zero-order valence-corrected chi connectivity index (χ0v) is 18.0. The van der Waals surface area contributed by atoms with Crippen molar-refractivity contribution in [1.29, 1.82) is 0 Å². The van der Waals surface area contributed by atoms with Crippen molar-refractivity contribution < 1.29 is 4.74 Å². The average molecular weight is 430 g/mol. The van der Waals surface area contributed by atoms with E-state index in [-0.39, 0.29) is 0 Å². The standard InChI is InChI=1S/C23H25Cl2N3O/c1-2-29-21-13-16(7-8-20(21)24)15-28-11-9-18(10-12-28)26-23-19-6-4-3-5-17(19)14-22(25)27-23/h3-8,13-14,18H,2,9-12,15H2,1H3,(H,26,27). The first-order valence-electron chi connectivity index (χ1n) is 10.1. The highest BCUT2D eigenvalue weighted by Crippen LogP contribution is 2.28. The van der Waals surface area contributed by atoms with E-state index in [0.29, 0.717) is 22.8 Å². The smallest absolute Gasteiger partial charge is 0.138 e. The van der Waals surface area contributed by atoms with Crippen molar-refractivity contribution in [3.8, 4) is 5.75 Å². The van der Waals surface area contributed by atoms with Crippen LogP contribution in [0.2, 0.25) is 10.2 Å². The maximum absolute atomic E-state index is 6.22. The lowest BCUT2D eigenvalue weighted by molar-refractivity contribution is 0.211. The van der Waals surface area contributed by atoms with Crippen LogP contribution in [0.15, 0.2) is 48.5 Å². The van der Waals surface area contributed by atoms with E-state index in [0.717, 1.165) is 54.8 Å². The Kier molecular flexibility index (Phi) is 6.43. The number of fused-ring (bicyclic) bond motifs is 1. The first-order valence-corrected chi connectivity index (χ1v) is 10.8. The van der Waals surface area contributed by atoms with Crippen LogP contribution in [0.25, 0.3) is 10.8 Å². The number of hydrogen-bond donors (Lipinski definition) is 1. The molecule has 1 aliphatic heterocycles. The van der Waals surface area contributed by atoms with Crippen LogP contribution in [0.1, 0.15) is 25.3 Å². The number of aromatic nitrogens is 1. The van der Waals surface area contributed by atoms with Crippen molar-refractivity contribution in [2.45, 2.75) is 32.4 Å². The lowest BCUT2D eigenvalue weighted by atomic mass is 10.0. The van der Waals surface area contributed by atoms with E-state index in [1.165, 1.54) is 5.56 Å². The van der Waals surface area contributed by atoms with Gasteiger partial charge in [-0.1, -0.05) is 53.5 Å². The molecule has 4 rings (SSSR count). The molecule has 1 N–H and O–H groups in total. The monoisotopic (exact) mass is 429 g/mol. The number of nitrogens with one attached hydrogen (secondary N) is 1. The molecule has 1 saturated heterocycles. The number of piperidine rings is 1. The van der Waals surface area contributed by atoms with Crippen LogP contribution in [0.4, 0.5) is 5.82 Å². The number of halogens is 2. The molecule has 1 aromatic heterocycles. The predicted octanol–water partition coefficient (Wildman–Crippen LogP) is 6.02. The molecule has 0 spiro atoms. The molecule has 6 heteroatoms. The Bertz CT molecular complexity index is 987. The SMILES string of the molecule is CCOc1cc(CN2CCC(Nc3nc(Cl)cc4ccccc34)CC2)ccc1Cl. The second kappa shape index (κ2) is 9.21. The summed E-state index contributed by atoms with van der Waals surface area (Å²) >= 11 is 12.4. The summed E-state index contributed by atoms with van der Waals surface area (Å²) in [6.07, 6.45) is 2.13. The van der Waals surface area contributed by atoms with Crippen molar-refractivity contribution >= 4 is 39.8 Å². The molecular weight excluding hydrogens is 405 g/mol. The van der Waals surface area contributed by atoms with Crippen LogP contribution in [0, 0.1) is 0 Å². The molecule has 1 fully saturated rings. The zero-order chi connectivity index (χ0) is 20.2. The maximum atomic E-state index is 6.22. The molecule has 0 radical (unpaired) electrons. The minimum absolute atomic E-state index is 0.393. The second-order valence-electron chi connectivity index (χ2n) is 7.41. The summed E-state index contributed by atoms with van der Waals surface area (Å²) < 4.78 is 5.62. The van der Waals surface area contributed by atoms with Gasteiger partial charge in [0, 0.05) is 31.1 Å². The molecule has 3 aromatic rings. The lowest BCUT2D eigenvalue weighted by Crippen LogP contribution is -2.38. The third-order valence-corrected chi connectivity index (χ3v) is 5.85. The van der Waals surface area contributed by atoms with Crippen molar-refractivity contribution in [3.05, 3.63) is 64.3 Å². The van der Waals surface area contributed by atoms with Crippen LogP contribution in [-0.2, 0) is 6.54 Å². The van der Waals surface area contributed by atoms with Gasteiger partial charge in [0.25, 0.3) is 0 Å². The Morgan fingerprint density at radius 3 is 2.69 bits per heavy atom. The van der Waals surface area contributed by atoms with Crippen molar-refractivity contribution in [2.24, 2.45) is 0 Å². The summed E-state index contributed by atoms with van der Waals surface area (Å²) in [5.74, 6) is 1.65. The fourth-order valence-electron chi connectivity index (χ4n) is 3.88. The van der Waals surface area contributed by atoms with E-state index >= 15 is 0 Å². The van der Waals surface area contributed by atoms with Crippen molar-refractivity contribution in [2.75, 3.05) is 25.0 Å². The minimum Gasteiger partial charge on any atom is -0.492 e. The van der Waals surface area contributed by atoms with Gasteiger partial charge < -0.3 is 10.1 Å². The average Bonchev–Trinajstić information content (AvgIpc) is 2.72. The van der Waals surface area contributed by atoms with Crippen molar-refractivity contribution in [1.82, 2.24) is 9.88 Å². The second-order valence-corrected chi connectivity index (χ2v) is 8.20. The molecule has 0 aliphatic carbocycles. The summed E-state index contributed by atoms with van der Waals surface area (Å²) in [6, 6.07) is 16.6. The fourth-order valence-corrected chi connectivity index (χ4v) is 4.25. The Morgan fingerprint density at radius 1 is 1.10 bits per heavy atom. The number of benzene rings is 2. The molecule has 2 aromatic carbocycles. The lowest BCUT2D eigenvalue weighted by Gasteiger charge is -2.33. The third kappa shape index (κ3) is 4.95. The molecule has 4 nitrogen and oxygen atoms in total. The van der Waals surface area contributed by atoms with Crippen LogP contribution in [0.3, 0.4) is 0 Å². The highest BCUT2D eigenvalue weighted by molar-refractivity contribution is 6.32. The summed E-state index contributed by atoms with van der Waals surface area (Å²) in [7, 11) is 0. The van der Waals surface area contributed by atoms with Crippen molar-refractivity contribution in [3.63, 3.8) is 0 Å². The highest BCUT2D eigenvalue weighted by atomic mass is 35.5. The number of ether oxygens (including phenoxy) is 1. The summed E-state index contributed by atoms with van der Waals surface area (Å²) in [5.41, 5.74) is 1.23. The molecule has 1 aliphatic rings. The van der Waals surface area contributed by atoms with E-state index in [4.69, 9.17) is 27.9 Å². The quantitative estimate of drug-likeness (QED) is 0.486. The zero-order valence-electron chi connectivity index (χ0n) is 16.5. The van der Waals surface area contributed by atoms with Gasteiger partial charge in [0.05, 0.1) is 11.6 Å². The van der Waals surface area contributed by atoms with Gasteiger partial charge in [-0.15, -0.1) is 0 Å². The van der Waals surface area contributed by atoms with Gasteiger partial charge in [-0.25, -0.2) is 4.98 Å². The number of rotatable bonds is 6. The normalized spacial score (nSPS) is 15.6. The van der Waals surface area contributed by atoms with E-state index in [9.17, 15) is 0 Å². The minimum atomic E-state index is 0.393. The van der Waals surface area contributed by atoms with E-state index in [2.05, 4.69) is 39.5 Å². The largest absolute Gasteiger partial charge is 0.492 e. The molecule has 29 heavy (non-hydrogen) atoms. The number of anilines is 1.